The quantitative estimate of drug-likeness (QED) is 0.218. The average Bonchev–Trinajstić information content (AvgIpc) is 2.85. The lowest BCUT2D eigenvalue weighted by Gasteiger charge is -2.14. The molecule has 0 radical (unpaired) electrons. The number of hydrogen-bond acceptors (Lipinski definition) is 3. The Bertz CT molecular complexity index is 956. The van der Waals surface area contributed by atoms with Crippen molar-refractivity contribution in [3.8, 4) is 0 Å². The summed E-state index contributed by atoms with van der Waals surface area (Å²) in [6, 6.07) is 1.89. The van der Waals surface area contributed by atoms with Crippen molar-refractivity contribution in [2.75, 3.05) is 5.32 Å². The van der Waals surface area contributed by atoms with Crippen LogP contribution in [0.1, 0.15) is 101 Å². The van der Waals surface area contributed by atoms with Gasteiger partial charge in [-0.25, -0.2) is 4.98 Å². The van der Waals surface area contributed by atoms with Gasteiger partial charge in [0.25, 0.3) is 0 Å². The van der Waals surface area contributed by atoms with Gasteiger partial charge in [-0.15, -0.1) is 0 Å². The number of pyridine rings is 1. The summed E-state index contributed by atoms with van der Waals surface area (Å²) >= 11 is 0. The Balaban J connectivity index is 0.00000222. The lowest BCUT2D eigenvalue weighted by atomic mass is 9.93. The van der Waals surface area contributed by atoms with Crippen molar-refractivity contribution in [1.82, 2.24) is 4.98 Å². The van der Waals surface area contributed by atoms with Gasteiger partial charge in [0.1, 0.15) is 5.82 Å². The summed E-state index contributed by atoms with van der Waals surface area (Å²) in [5.41, 5.74) is 1.59. The van der Waals surface area contributed by atoms with Gasteiger partial charge in [-0.05, 0) is 70.7 Å². The van der Waals surface area contributed by atoms with E-state index in [1.165, 1.54) is 12.6 Å². The Kier molecular flexibility index (Phi) is 17.4. The van der Waals surface area contributed by atoms with E-state index >= 15 is 0 Å². The standard InChI is InChI=1S/C27H41N3O.C5H12/c1-8-11-12-22(9-2)15-27(31)30-26-16-24(23(10-3)18-29-26)14-21(7)25(17-28)13-20(6)19(4)5;1-4-5(2)3/h10,13-14,16-20,22,28H,7-9,11-12,15H2,1-6H3,(H,30,31);5H,4H2,1-3H3/b23-10-,24-14-,25-13+,28-17?;. The van der Waals surface area contributed by atoms with Crippen LogP contribution in [0.25, 0.3) is 12.2 Å². The molecule has 202 valence electrons. The van der Waals surface area contributed by atoms with Crippen LogP contribution in [0, 0.1) is 29.1 Å². The van der Waals surface area contributed by atoms with Crippen LogP contribution < -0.4 is 15.8 Å². The maximum absolute atomic E-state index is 12.5. The van der Waals surface area contributed by atoms with Gasteiger partial charge in [0, 0.05) is 18.8 Å². The molecule has 36 heavy (non-hydrogen) atoms. The first-order valence-corrected chi connectivity index (χ1v) is 13.9. The number of allylic oxidation sites excluding steroid dienone is 3. The molecule has 1 amide bonds. The zero-order chi connectivity index (χ0) is 27.7. The Morgan fingerprint density at radius 2 is 1.75 bits per heavy atom. The number of hydrogen-bond donors (Lipinski definition) is 2. The third kappa shape index (κ3) is 13.6. The molecule has 2 N–H and O–H groups in total. The third-order valence-electron chi connectivity index (χ3n) is 6.73. The van der Waals surface area contributed by atoms with Gasteiger partial charge in [-0.3, -0.25) is 4.79 Å². The van der Waals surface area contributed by atoms with E-state index in [-0.39, 0.29) is 5.91 Å². The lowest BCUT2D eigenvalue weighted by Crippen LogP contribution is -2.27. The number of anilines is 1. The molecule has 1 heterocycles. The van der Waals surface area contributed by atoms with Gasteiger partial charge in [0.05, 0.1) is 0 Å². The van der Waals surface area contributed by atoms with Crippen LogP contribution in [0.15, 0.2) is 36.1 Å². The fourth-order valence-corrected chi connectivity index (χ4v) is 3.31. The van der Waals surface area contributed by atoms with Crippen LogP contribution in [0.5, 0.6) is 0 Å². The van der Waals surface area contributed by atoms with Gasteiger partial charge in [0.15, 0.2) is 0 Å². The fraction of sp³-hybridized carbons (Fsp3) is 0.594. The van der Waals surface area contributed by atoms with Crippen LogP contribution in [0.4, 0.5) is 5.82 Å². The molecule has 0 saturated carbocycles. The molecule has 2 unspecified atom stereocenters. The molecule has 4 nitrogen and oxygen atoms in total. The van der Waals surface area contributed by atoms with Crippen molar-refractivity contribution in [3.05, 3.63) is 46.5 Å². The zero-order valence-corrected chi connectivity index (χ0v) is 24.6. The Morgan fingerprint density at radius 3 is 2.22 bits per heavy atom. The Labute approximate surface area is 221 Å². The molecule has 0 aliphatic heterocycles. The van der Waals surface area contributed by atoms with Crippen molar-refractivity contribution in [2.45, 2.75) is 101 Å². The van der Waals surface area contributed by atoms with E-state index in [1.54, 1.807) is 6.20 Å². The Morgan fingerprint density at radius 1 is 1.11 bits per heavy atom. The lowest BCUT2D eigenvalue weighted by molar-refractivity contribution is -0.117. The van der Waals surface area contributed by atoms with E-state index in [2.05, 4.69) is 78.3 Å². The minimum atomic E-state index is 0.0132. The second kappa shape index (κ2) is 18.7. The molecule has 0 fully saturated rings. The molecule has 1 aromatic rings. The molecule has 1 rings (SSSR count). The molecule has 0 aliphatic carbocycles. The first kappa shape index (κ1) is 33.5. The number of nitrogens with one attached hydrogen (secondary N) is 2. The number of carbonyl (C=O) groups is 1. The zero-order valence-electron chi connectivity index (χ0n) is 24.6. The molecule has 0 saturated heterocycles. The van der Waals surface area contributed by atoms with Gasteiger partial charge in [0.2, 0.25) is 5.91 Å². The highest BCUT2D eigenvalue weighted by Gasteiger charge is 2.12. The van der Waals surface area contributed by atoms with Crippen LogP contribution in [0.2, 0.25) is 0 Å². The predicted molar refractivity (Wildman–Crippen MR) is 160 cm³/mol. The van der Waals surface area contributed by atoms with E-state index < -0.39 is 0 Å². The molecular weight excluding hydrogens is 442 g/mol. The van der Waals surface area contributed by atoms with E-state index in [4.69, 9.17) is 5.41 Å². The Hall–Kier alpha value is -2.49. The highest BCUT2D eigenvalue weighted by atomic mass is 16.1. The van der Waals surface area contributed by atoms with E-state index in [1.807, 2.05) is 25.1 Å². The summed E-state index contributed by atoms with van der Waals surface area (Å²) in [6.07, 6.45) is 15.4. The highest BCUT2D eigenvalue weighted by molar-refractivity contribution is 5.90. The number of aromatic nitrogens is 1. The summed E-state index contributed by atoms with van der Waals surface area (Å²) in [6.45, 7) is 23.6. The van der Waals surface area contributed by atoms with Crippen LogP contribution in [0.3, 0.4) is 0 Å². The van der Waals surface area contributed by atoms with Crippen molar-refractivity contribution in [1.29, 1.82) is 5.41 Å². The van der Waals surface area contributed by atoms with Crippen molar-refractivity contribution >= 4 is 30.1 Å². The van der Waals surface area contributed by atoms with Gasteiger partial charge >= 0.3 is 0 Å². The maximum atomic E-state index is 12.5. The molecule has 0 aliphatic rings. The minimum absolute atomic E-state index is 0.0132. The monoisotopic (exact) mass is 495 g/mol. The van der Waals surface area contributed by atoms with Crippen molar-refractivity contribution < 1.29 is 4.79 Å². The van der Waals surface area contributed by atoms with Gasteiger partial charge in [-0.1, -0.05) is 99.8 Å². The van der Waals surface area contributed by atoms with E-state index in [0.717, 1.165) is 53.2 Å². The molecular formula is C32H53N3O. The van der Waals surface area contributed by atoms with Crippen molar-refractivity contribution in [2.24, 2.45) is 23.7 Å². The van der Waals surface area contributed by atoms with Crippen LogP contribution in [-0.2, 0) is 4.79 Å². The number of nitrogens with zero attached hydrogens (tertiary/aromatic N) is 1. The second-order valence-corrected chi connectivity index (χ2v) is 10.5. The van der Waals surface area contributed by atoms with Crippen molar-refractivity contribution in [3.63, 3.8) is 0 Å². The number of rotatable bonds is 13. The second-order valence-electron chi connectivity index (χ2n) is 10.5. The number of amides is 1. The summed E-state index contributed by atoms with van der Waals surface area (Å²) in [4.78, 5) is 17.0. The first-order valence-electron chi connectivity index (χ1n) is 13.9. The largest absolute Gasteiger partial charge is 0.311 e. The summed E-state index contributed by atoms with van der Waals surface area (Å²) in [5, 5.41) is 12.7. The summed E-state index contributed by atoms with van der Waals surface area (Å²) in [7, 11) is 0. The maximum Gasteiger partial charge on any atom is 0.225 e. The molecule has 4 heteroatoms. The molecule has 2 atom stereocenters. The summed E-state index contributed by atoms with van der Waals surface area (Å²) in [5.74, 6) is 2.71. The predicted octanol–water partition coefficient (Wildman–Crippen LogP) is 7.68. The third-order valence-corrected chi connectivity index (χ3v) is 6.73. The van der Waals surface area contributed by atoms with Gasteiger partial charge in [-0.2, -0.15) is 0 Å². The topological polar surface area (TPSA) is 65.8 Å². The summed E-state index contributed by atoms with van der Waals surface area (Å²) < 4.78 is 0. The number of unbranched alkanes of at least 4 members (excludes halogenated alkanes) is 1. The van der Waals surface area contributed by atoms with Crippen LogP contribution >= 0.6 is 0 Å². The van der Waals surface area contributed by atoms with E-state index in [0.29, 0.717) is 30.0 Å². The average molecular weight is 496 g/mol. The van der Waals surface area contributed by atoms with E-state index in [9.17, 15) is 4.79 Å². The SMILES string of the molecule is C=C(/C=c1/cc(NC(=O)CC(CC)CCCC)nc/c1=C/C)/C(C=N)=C/C(C)C(C)C.CCC(C)C. The normalized spacial score (nSPS) is 14.4. The highest BCUT2D eigenvalue weighted by Crippen LogP contribution is 2.18. The van der Waals surface area contributed by atoms with Gasteiger partial charge < -0.3 is 10.7 Å². The van der Waals surface area contributed by atoms with Crippen LogP contribution in [-0.4, -0.2) is 17.1 Å². The fourth-order valence-electron chi connectivity index (χ4n) is 3.31. The minimum Gasteiger partial charge on any atom is -0.311 e. The molecule has 0 spiro atoms. The molecule has 0 aromatic carbocycles. The first-order chi connectivity index (χ1) is 17.0. The molecule has 0 bridgehead atoms. The smallest absolute Gasteiger partial charge is 0.225 e. The number of carbonyl (C=O) groups excluding carboxylic acids is 1. The molecule has 1 aromatic heterocycles.